The van der Waals surface area contributed by atoms with Crippen molar-refractivity contribution in [3.63, 3.8) is 0 Å². The Bertz CT molecular complexity index is 169. The van der Waals surface area contributed by atoms with Crippen molar-refractivity contribution in [2.75, 3.05) is 13.1 Å². The van der Waals surface area contributed by atoms with E-state index in [9.17, 15) is 5.11 Å². The van der Waals surface area contributed by atoms with Gasteiger partial charge in [0.1, 0.15) is 0 Å². The highest BCUT2D eigenvalue weighted by Gasteiger charge is 2.27. The zero-order chi connectivity index (χ0) is 9.80. The van der Waals surface area contributed by atoms with Crippen LogP contribution in [-0.2, 0) is 4.74 Å². The summed E-state index contributed by atoms with van der Waals surface area (Å²) in [5.74, 6) is 0. The van der Waals surface area contributed by atoms with Gasteiger partial charge in [0.25, 0.3) is 0 Å². The van der Waals surface area contributed by atoms with Crippen LogP contribution in [0.5, 0.6) is 0 Å². The van der Waals surface area contributed by atoms with Gasteiger partial charge in [0.05, 0.1) is 18.3 Å². The quantitative estimate of drug-likeness (QED) is 0.698. The second kappa shape index (κ2) is 5.10. The third-order valence-electron chi connectivity index (χ3n) is 3.29. The monoisotopic (exact) mass is 199 g/mol. The van der Waals surface area contributed by atoms with E-state index in [-0.39, 0.29) is 12.2 Å². The van der Waals surface area contributed by atoms with Gasteiger partial charge in [0.15, 0.2) is 0 Å². The minimum absolute atomic E-state index is 0.105. The highest BCUT2D eigenvalue weighted by molar-refractivity contribution is 4.78. The predicted molar refractivity (Wildman–Crippen MR) is 55.2 cm³/mol. The van der Waals surface area contributed by atoms with Crippen molar-refractivity contribution >= 4 is 0 Å². The molecule has 0 aromatic rings. The molecule has 3 heteroatoms. The summed E-state index contributed by atoms with van der Waals surface area (Å²) in [5, 5.41) is 13.1. The van der Waals surface area contributed by atoms with Crippen LogP contribution in [0.4, 0.5) is 0 Å². The number of nitrogens with one attached hydrogen (secondary N) is 1. The molecule has 2 rings (SSSR count). The van der Waals surface area contributed by atoms with Crippen LogP contribution in [0, 0.1) is 0 Å². The molecule has 2 N–H and O–H groups in total. The first kappa shape index (κ1) is 10.4. The van der Waals surface area contributed by atoms with Gasteiger partial charge in [-0.05, 0) is 32.2 Å². The molecule has 0 radical (unpaired) electrons. The molecular weight excluding hydrogens is 178 g/mol. The minimum Gasteiger partial charge on any atom is -0.390 e. The first-order valence-electron chi connectivity index (χ1n) is 5.90. The SMILES string of the molecule is OC1CCCCC1O[C@H]1CCCNC1. The summed E-state index contributed by atoms with van der Waals surface area (Å²) in [4.78, 5) is 0. The van der Waals surface area contributed by atoms with E-state index in [1.807, 2.05) is 0 Å². The van der Waals surface area contributed by atoms with Gasteiger partial charge in [-0.2, -0.15) is 0 Å². The Kier molecular flexibility index (Phi) is 3.79. The van der Waals surface area contributed by atoms with Crippen LogP contribution in [0.15, 0.2) is 0 Å². The number of hydrogen-bond donors (Lipinski definition) is 2. The Morgan fingerprint density at radius 2 is 1.93 bits per heavy atom. The molecule has 2 fully saturated rings. The lowest BCUT2D eigenvalue weighted by Gasteiger charge is -2.33. The van der Waals surface area contributed by atoms with Crippen LogP contribution >= 0.6 is 0 Å². The number of aliphatic hydroxyl groups is 1. The van der Waals surface area contributed by atoms with E-state index in [4.69, 9.17) is 4.74 Å². The molecule has 3 atom stereocenters. The molecule has 1 aliphatic heterocycles. The number of piperidine rings is 1. The Hall–Kier alpha value is -0.120. The maximum Gasteiger partial charge on any atom is 0.0838 e. The largest absolute Gasteiger partial charge is 0.390 e. The zero-order valence-corrected chi connectivity index (χ0v) is 8.74. The van der Waals surface area contributed by atoms with Crippen molar-refractivity contribution in [1.29, 1.82) is 0 Å². The molecular formula is C11H21NO2. The maximum absolute atomic E-state index is 9.75. The summed E-state index contributed by atoms with van der Waals surface area (Å²) in [5.41, 5.74) is 0. The third-order valence-corrected chi connectivity index (χ3v) is 3.29. The molecule has 1 saturated carbocycles. The molecule has 82 valence electrons. The van der Waals surface area contributed by atoms with Gasteiger partial charge in [-0.15, -0.1) is 0 Å². The Morgan fingerprint density at radius 3 is 2.64 bits per heavy atom. The second-order valence-electron chi connectivity index (χ2n) is 4.49. The van der Waals surface area contributed by atoms with Crippen LogP contribution in [0.1, 0.15) is 38.5 Å². The van der Waals surface area contributed by atoms with E-state index in [1.165, 1.54) is 12.8 Å². The number of rotatable bonds is 2. The van der Waals surface area contributed by atoms with Crippen molar-refractivity contribution in [2.45, 2.75) is 56.8 Å². The second-order valence-corrected chi connectivity index (χ2v) is 4.49. The van der Waals surface area contributed by atoms with Gasteiger partial charge in [-0.25, -0.2) is 0 Å². The molecule has 0 aromatic carbocycles. The summed E-state index contributed by atoms with van der Waals surface area (Å²) in [6.45, 7) is 2.08. The molecule has 2 aliphatic rings. The highest BCUT2D eigenvalue weighted by Crippen LogP contribution is 2.23. The Balaban J connectivity index is 1.76. The van der Waals surface area contributed by atoms with Gasteiger partial charge in [0, 0.05) is 6.54 Å². The van der Waals surface area contributed by atoms with Gasteiger partial charge >= 0.3 is 0 Å². The van der Waals surface area contributed by atoms with Crippen molar-refractivity contribution in [2.24, 2.45) is 0 Å². The van der Waals surface area contributed by atoms with Gasteiger partial charge in [-0.3, -0.25) is 0 Å². The molecule has 14 heavy (non-hydrogen) atoms. The Labute approximate surface area is 85.8 Å². The van der Waals surface area contributed by atoms with Crippen molar-refractivity contribution in [1.82, 2.24) is 5.32 Å². The number of hydrogen-bond acceptors (Lipinski definition) is 3. The summed E-state index contributed by atoms with van der Waals surface area (Å²) in [6, 6.07) is 0. The van der Waals surface area contributed by atoms with E-state index >= 15 is 0 Å². The molecule has 1 heterocycles. The normalized spacial score (nSPS) is 39.6. The van der Waals surface area contributed by atoms with Gasteiger partial charge in [0.2, 0.25) is 0 Å². The third kappa shape index (κ3) is 2.69. The van der Waals surface area contributed by atoms with Gasteiger partial charge in [-0.1, -0.05) is 12.8 Å². The van der Waals surface area contributed by atoms with E-state index in [2.05, 4.69) is 5.32 Å². The smallest absolute Gasteiger partial charge is 0.0838 e. The van der Waals surface area contributed by atoms with E-state index in [1.54, 1.807) is 0 Å². The van der Waals surface area contributed by atoms with Crippen LogP contribution in [0.2, 0.25) is 0 Å². The van der Waals surface area contributed by atoms with Gasteiger partial charge < -0.3 is 15.2 Å². The molecule has 0 amide bonds. The van der Waals surface area contributed by atoms with Crippen molar-refractivity contribution in [3.05, 3.63) is 0 Å². The summed E-state index contributed by atoms with van der Waals surface area (Å²) >= 11 is 0. The molecule has 3 nitrogen and oxygen atoms in total. The Morgan fingerprint density at radius 1 is 1.07 bits per heavy atom. The number of ether oxygens (including phenoxy) is 1. The minimum atomic E-state index is -0.217. The molecule has 2 unspecified atom stereocenters. The first-order chi connectivity index (χ1) is 6.86. The molecule has 1 aliphatic carbocycles. The van der Waals surface area contributed by atoms with E-state index < -0.39 is 0 Å². The van der Waals surface area contributed by atoms with Crippen LogP contribution in [0.3, 0.4) is 0 Å². The lowest BCUT2D eigenvalue weighted by molar-refractivity contribution is -0.0984. The average Bonchev–Trinajstić information content (AvgIpc) is 2.23. The lowest BCUT2D eigenvalue weighted by atomic mass is 9.94. The lowest BCUT2D eigenvalue weighted by Crippen LogP contribution is -2.42. The average molecular weight is 199 g/mol. The highest BCUT2D eigenvalue weighted by atomic mass is 16.5. The fraction of sp³-hybridized carbons (Fsp3) is 1.00. The fourth-order valence-corrected chi connectivity index (χ4v) is 2.42. The molecule has 0 aromatic heterocycles. The zero-order valence-electron chi connectivity index (χ0n) is 8.74. The molecule has 0 spiro atoms. The molecule has 1 saturated heterocycles. The first-order valence-corrected chi connectivity index (χ1v) is 5.90. The summed E-state index contributed by atoms with van der Waals surface area (Å²) < 4.78 is 5.93. The van der Waals surface area contributed by atoms with Crippen LogP contribution in [0.25, 0.3) is 0 Å². The van der Waals surface area contributed by atoms with E-state index in [0.717, 1.165) is 38.8 Å². The van der Waals surface area contributed by atoms with Crippen molar-refractivity contribution in [3.8, 4) is 0 Å². The molecule has 0 bridgehead atoms. The van der Waals surface area contributed by atoms with Crippen molar-refractivity contribution < 1.29 is 9.84 Å². The van der Waals surface area contributed by atoms with E-state index in [0.29, 0.717) is 6.10 Å². The standard InChI is InChI=1S/C11H21NO2/c13-10-5-1-2-6-11(10)14-9-4-3-7-12-8-9/h9-13H,1-8H2/t9-,10?,11?/m0/s1. The predicted octanol–water partition coefficient (Wildman–Crippen LogP) is 1.06. The summed E-state index contributed by atoms with van der Waals surface area (Å²) in [6.07, 6.45) is 6.90. The summed E-state index contributed by atoms with van der Waals surface area (Å²) in [7, 11) is 0. The van der Waals surface area contributed by atoms with Crippen LogP contribution < -0.4 is 5.32 Å². The maximum atomic E-state index is 9.75. The fourth-order valence-electron chi connectivity index (χ4n) is 2.42. The van der Waals surface area contributed by atoms with Crippen LogP contribution in [-0.4, -0.2) is 36.5 Å². The topological polar surface area (TPSA) is 41.5 Å². The number of aliphatic hydroxyl groups excluding tert-OH is 1.